The molecule has 2 aliphatic heterocycles. The molecule has 8 heteroatoms. The Labute approximate surface area is 164 Å². The van der Waals surface area contributed by atoms with Crippen molar-refractivity contribution in [2.24, 2.45) is 4.99 Å². The molecule has 1 saturated heterocycles. The molecule has 1 N–H and O–H groups in total. The summed E-state index contributed by atoms with van der Waals surface area (Å²) < 4.78 is 8.00. The molecule has 0 aliphatic carbocycles. The predicted octanol–water partition coefficient (Wildman–Crippen LogP) is 2.88. The summed E-state index contributed by atoms with van der Waals surface area (Å²) in [5, 5.41) is 2.78. The lowest BCUT2D eigenvalue weighted by atomic mass is 10.1. The van der Waals surface area contributed by atoms with Crippen LogP contribution in [0.15, 0.2) is 41.9 Å². The molecule has 144 valence electrons. The molecule has 1 aromatic heterocycles. The average Bonchev–Trinajstić information content (AvgIpc) is 3.27. The number of hydrogen-bond acceptors (Lipinski definition) is 5. The standard InChI is InChI=1S/C19H23N5O2.ClH/c25-18-13-24-12-15-11-16(5-6-17(15)21-19(24)22-18)26-10-4-2-1-3-8-23-9-7-20-14-23;/h5-7,9,11,14H,1-4,8,10,12-13H2,(H,21,22,25);1H. The topological polar surface area (TPSA) is 71.8 Å². The van der Waals surface area contributed by atoms with Crippen LogP contribution in [0.5, 0.6) is 5.75 Å². The summed E-state index contributed by atoms with van der Waals surface area (Å²) in [5.41, 5.74) is 2.01. The van der Waals surface area contributed by atoms with Crippen molar-refractivity contribution in [2.45, 2.75) is 38.8 Å². The maximum atomic E-state index is 11.5. The number of hydrogen-bond donors (Lipinski definition) is 1. The first-order valence-corrected chi connectivity index (χ1v) is 9.13. The summed E-state index contributed by atoms with van der Waals surface area (Å²) in [6.45, 7) is 2.82. The lowest BCUT2D eigenvalue weighted by molar-refractivity contribution is -0.118. The normalized spacial score (nSPS) is 14.7. The zero-order valence-electron chi connectivity index (χ0n) is 15.1. The largest absolute Gasteiger partial charge is 0.494 e. The summed E-state index contributed by atoms with van der Waals surface area (Å²) >= 11 is 0. The van der Waals surface area contributed by atoms with Gasteiger partial charge < -0.3 is 14.2 Å². The van der Waals surface area contributed by atoms with E-state index in [9.17, 15) is 4.79 Å². The van der Waals surface area contributed by atoms with Crippen molar-refractivity contribution in [3.8, 4) is 5.75 Å². The predicted molar refractivity (Wildman–Crippen MR) is 106 cm³/mol. The number of carbonyl (C=O) groups excluding carboxylic acids is 1. The zero-order valence-corrected chi connectivity index (χ0v) is 16.0. The number of carbonyl (C=O) groups is 1. The highest BCUT2D eigenvalue weighted by molar-refractivity contribution is 6.05. The molecule has 0 unspecified atom stereocenters. The molecule has 0 bridgehead atoms. The molecular formula is C19H24ClN5O2. The SMILES string of the molecule is Cl.O=C1CN2Cc3cc(OCCCCCCn4ccnc4)ccc3N=C2N1. The van der Waals surface area contributed by atoms with Crippen LogP contribution in [0, 0.1) is 0 Å². The van der Waals surface area contributed by atoms with Crippen LogP contribution in [0.2, 0.25) is 0 Å². The average molecular weight is 390 g/mol. The first-order chi connectivity index (χ1) is 12.8. The summed E-state index contributed by atoms with van der Waals surface area (Å²) in [6, 6.07) is 5.95. The van der Waals surface area contributed by atoms with Gasteiger partial charge in [0.1, 0.15) is 12.3 Å². The first-order valence-electron chi connectivity index (χ1n) is 9.13. The quantitative estimate of drug-likeness (QED) is 0.704. The number of rotatable bonds is 8. The molecular weight excluding hydrogens is 366 g/mol. The molecule has 4 rings (SSSR count). The van der Waals surface area contributed by atoms with Crippen LogP contribution in [0.1, 0.15) is 31.2 Å². The van der Waals surface area contributed by atoms with Gasteiger partial charge in [0.2, 0.25) is 11.9 Å². The fourth-order valence-corrected chi connectivity index (χ4v) is 3.29. The molecule has 1 fully saturated rings. The van der Waals surface area contributed by atoms with Crippen molar-refractivity contribution in [3.63, 3.8) is 0 Å². The second-order valence-corrected chi connectivity index (χ2v) is 6.69. The number of aromatic nitrogens is 2. The molecule has 3 heterocycles. The Morgan fingerprint density at radius 2 is 2.04 bits per heavy atom. The minimum Gasteiger partial charge on any atom is -0.494 e. The molecule has 0 radical (unpaired) electrons. The van der Waals surface area contributed by atoms with E-state index in [0.717, 1.165) is 49.4 Å². The number of guanidine groups is 1. The van der Waals surface area contributed by atoms with Gasteiger partial charge in [0.15, 0.2) is 0 Å². The van der Waals surface area contributed by atoms with E-state index in [4.69, 9.17) is 4.74 Å². The summed E-state index contributed by atoms with van der Waals surface area (Å²) in [7, 11) is 0. The molecule has 27 heavy (non-hydrogen) atoms. The monoisotopic (exact) mass is 389 g/mol. The number of halogens is 1. The van der Waals surface area contributed by atoms with Gasteiger partial charge in [-0.25, -0.2) is 9.98 Å². The van der Waals surface area contributed by atoms with Crippen molar-refractivity contribution < 1.29 is 9.53 Å². The van der Waals surface area contributed by atoms with Crippen LogP contribution in [0.4, 0.5) is 5.69 Å². The molecule has 7 nitrogen and oxygen atoms in total. The fourth-order valence-electron chi connectivity index (χ4n) is 3.29. The van der Waals surface area contributed by atoms with Crippen LogP contribution < -0.4 is 10.1 Å². The third-order valence-electron chi connectivity index (χ3n) is 4.66. The third kappa shape index (κ3) is 4.80. The van der Waals surface area contributed by atoms with E-state index in [1.807, 2.05) is 41.8 Å². The number of nitrogens with zero attached hydrogens (tertiary/aromatic N) is 4. The first kappa shape index (κ1) is 19.2. The third-order valence-corrected chi connectivity index (χ3v) is 4.66. The van der Waals surface area contributed by atoms with Crippen LogP contribution in [-0.4, -0.2) is 39.5 Å². The number of imidazole rings is 1. The maximum Gasteiger partial charge on any atom is 0.246 e. The Hall–Kier alpha value is -2.54. The highest BCUT2D eigenvalue weighted by Crippen LogP contribution is 2.30. The van der Waals surface area contributed by atoms with Gasteiger partial charge in [0.25, 0.3) is 0 Å². The molecule has 0 atom stereocenters. The second kappa shape index (κ2) is 8.90. The Bertz CT molecular complexity index is 806. The Morgan fingerprint density at radius 1 is 1.15 bits per heavy atom. The number of benzene rings is 1. The van der Waals surface area contributed by atoms with Crippen LogP contribution >= 0.6 is 12.4 Å². The highest BCUT2D eigenvalue weighted by atomic mass is 35.5. The fraction of sp³-hybridized carbons (Fsp3) is 0.421. The molecule has 1 amide bonds. The molecule has 0 saturated carbocycles. The van der Waals surface area contributed by atoms with E-state index in [1.165, 1.54) is 6.42 Å². The number of aryl methyl sites for hydroxylation is 1. The second-order valence-electron chi connectivity index (χ2n) is 6.69. The molecule has 2 aliphatic rings. The molecule has 0 spiro atoms. The molecule has 2 aromatic rings. The lowest BCUT2D eigenvalue weighted by Crippen LogP contribution is -2.31. The smallest absolute Gasteiger partial charge is 0.246 e. The molecule has 1 aromatic carbocycles. The Kier molecular flexibility index (Phi) is 6.34. The van der Waals surface area contributed by atoms with E-state index < -0.39 is 0 Å². The zero-order chi connectivity index (χ0) is 17.8. The van der Waals surface area contributed by atoms with E-state index in [2.05, 4.69) is 19.9 Å². The minimum atomic E-state index is 0. The van der Waals surface area contributed by atoms with E-state index >= 15 is 0 Å². The highest BCUT2D eigenvalue weighted by Gasteiger charge is 2.29. The minimum absolute atomic E-state index is 0. The maximum absolute atomic E-state index is 11.5. The van der Waals surface area contributed by atoms with E-state index in [-0.39, 0.29) is 18.3 Å². The number of ether oxygens (including phenoxy) is 1. The van der Waals surface area contributed by atoms with Gasteiger partial charge >= 0.3 is 0 Å². The van der Waals surface area contributed by atoms with Crippen molar-refractivity contribution in [1.29, 1.82) is 0 Å². The summed E-state index contributed by atoms with van der Waals surface area (Å²) in [5.74, 6) is 1.53. The Morgan fingerprint density at radius 3 is 2.89 bits per heavy atom. The van der Waals surface area contributed by atoms with Crippen LogP contribution in [-0.2, 0) is 17.9 Å². The summed E-state index contributed by atoms with van der Waals surface area (Å²) in [4.78, 5) is 22.0. The van der Waals surface area contributed by atoms with Crippen LogP contribution in [0.25, 0.3) is 0 Å². The van der Waals surface area contributed by atoms with Gasteiger partial charge in [-0.05, 0) is 31.0 Å². The lowest BCUT2D eigenvalue weighted by Gasteiger charge is -2.23. The van der Waals surface area contributed by atoms with Crippen LogP contribution in [0.3, 0.4) is 0 Å². The van der Waals surface area contributed by atoms with Gasteiger partial charge in [-0.2, -0.15) is 0 Å². The van der Waals surface area contributed by atoms with E-state index in [1.54, 1.807) is 0 Å². The van der Waals surface area contributed by atoms with Crippen molar-refractivity contribution in [2.75, 3.05) is 13.2 Å². The number of fused-ring (bicyclic) bond motifs is 2. The van der Waals surface area contributed by atoms with Gasteiger partial charge in [-0.15, -0.1) is 12.4 Å². The van der Waals surface area contributed by atoms with E-state index in [0.29, 0.717) is 19.0 Å². The number of aliphatic imine (C=N–C) groups is 1. The van der Waals surface area contributed by atoms with Crippen molar-refractivity contribution in [1.82, 2.24) is 19.8 Å². The summed E-state index contributed by atoms with van der Waals surface area (Å²) in [6.07, 6.45) is 10.2. The van der Waals surface area contributed by atoms with Crippen molar-refractivity contribution in [3.05, 3.63) is 42.5 Å². The van der Waals surface area contributed by atoms with Gasteiger partial charge in [-0.1, -0.05) is 12.8 Å². The Balaban J connectivity index is 0.00000210. The van der Waals surface area contributed by atoms with Crippen molar-refractivity contribution >= 4 is 30.0 Å². The van der Waals surface area contributed by atoms with Gasteiger partial charge in [0.05, 0.1) is 18.6 Å². The van der Waals surface area contributed by atoms with Gasteiger partial charge in [-0.3, -0.25) is 10.1 Å². The number of amides is 1. The number of nitrogens with one attached hydrogen (secondary N) is 1. The number of unbranched alkanes of at least 4 members (excludes halogenated alkanes) is 3. The van der Waals surface area contributed by atoms with Gasteiger partial charge in [0, 0.05) is 31.0 Å².